The molecule has 4 heteroatoms. The maximum Gasteiger partial charge on any atom is 0.143 e. The molecule has 3 rings (SSSR count). The van der Waals surface area contributed by atoms with Gasteiger partial charge in [-0.3, -0.25) is 0 Å². The summed E-state index contributed by atoms with van der Waals surface area (Å²) >= 11 is 0. The first kappa shape index (κ1) is 11.5. The van der Waals surface area contributed by atoms with Crippen LogP contribution in [0.15, 0.2) is 6.07 Å². The minimum absolute atomic E-state index is 0.840. The summed E-state index contributed by atoms with van der Waals surface area (Å²) in [5, 5.41) is 1.16. The number of aryl methyl sites for hydroxylation is 2. The summed E-state index contributed by atoms with van der Waals surface area (Å²) < 4.78 is 0. The van der Waals surface area contributed by atoms with Gasteiger partial charge in [-0.1, -0.05) is 6.92 Å². The van der Waals surface area contributed by atoms with Crippen LogP contribution in [0.25, 0.3) is 11.0 Å². The van der Waals surface area contributed by atoms with Crippen molar-refractivity contribution in [2.75, 3.05) is 18.0 Å². The molecule has 0 spiro atoms. The summed E-state index contributed by atoms with van der Waals surface area (Å²) in [5.74, 6) is 2.79. The van der Waals surface area contributed by atoms with E-state index < -0.39 is 0 Å². The monoisotopic (exact) mass is 244 g/mol. The maximum absolute atomic E-state index is 4.66. The SMILES string of the molecule is Cc1nc(N2CCC(C)CC2)c2cc(C)[nH]c2n1. The first-order valence-electron chi connectivity index (χ1n) is 6.72. The molecule has 96 valence electrons. The smallest absolute Gasteiger partial charge is 0.143 e. The number of H-pyrrole nitrogens is 1. The Morgan fingerprint density at radius 3 is 2.67 bits per heavy atom. The molecule has 1 aliphatic heterocycles. The predicted octanol–water partition coefficient (Wildman–Crippen LogP) is 2.81. The molecule has 18 heavy (non-hydrogen) atoms. The average molecular weight is 244 g/mol. The van der Waals surface area contributed by atoms with Gasteiger partial charge in [-0.2, -0.15) is 0 Å². The number of aromatic amines is 1. The van der Waals surface area contributed by atoms with E-state index in [-0.39, 0.29) is 0 Å². The van der Waals surface area contributed by atoms with E-state index in [4.69, 9.17) is 0 Å². The van der Waals surface area contributed by atoms with Crippen LogP contribution in [0, 0.1) is 19.8 Å². The third-order valence-electron chi connectivity index (χ3n) is 3.80. The standard InChI is InChI=1S/C14H20N4/c1-9-4-6-18(7-5-9)14-12-8-10(2)15-13(12)16-11(3)17-14/h8-9H,4-7H2,1-3H3,(H,15,16,17). The Bertz CT molecular complexity index is 564. The Morgan fingerprint density at radius 1 is 1.22 bits per heavy atom. The number of anilines is 1. The van der Waals surface area contributed by atoms with Crippen molar-refractivity contribution in [3.8, 4) is 0 Å². The quantitative estimate of drug-likeness (QED) is 0.839. The summed E-state index contributed by atoms with van der Waals surface area (Å²) in [5.41, 5.74) is 2.12. The Morgan fingerprint density at radius 2 is 1.94 bits per heavy atom. The van der Waals surface area contributed by atoms with E-state index in [1.165, 1.54) is 12.8 Å². The molecule has 0 aliphatic carbocycles. The van der Waals surface area contributed by atoms with Crippen LogP contribution < -0.4 is 4.90 Å². The van der Waals surface area contributed by atoms with E-state index in [0.29, 0.717) is 0 Å². The highest BCUT2D eigenvalue weighted by Gasteiger charge is 2.20. The molecule has 3 heterocycles. The van der Waals surface area contributed by atoms with Crippen molar-refractivity contribution in [2.24, 2.45) is 5.92 Å². The molecule has 0 bridgehead atoms. The number of nitrogens with zero attached hydrogens (tertiary/aromatic N) is 3. The maximum atomic E-state index is 4.66. The lowest BCUT2D eigenvalue weighted by Crippen LogP contribution is -2.33. The lowest BCUT2D eigenvalue weighted by atomic mass is 9.99. The normalized spacial score (nSPS) is 17.6. The van der Waals surface area contributed by atoms with E-state index >= 15 is 0 Å². The van der Waals surface area contributed by atoms with Gasteiger partial charge < -0.3 is 9.88 Å². The van der Waals surface area contributed by atoms with Crippen molar-refractivity contribution in [3.05, 3.63) is 17.6 Å². The summed E-state index contributed by atoms with van der Waals surface area (Å²) in [6, 6.07) is 2.15. The minimum atomic E-state index is 0.840. The number of hydrogen-bond acceptors (Lipinski definition) is 3. The zero-order chi connectivity index (χ0) is 12.7. The number of piperidine rings is 1. The van der Waals surface area contributed by atoms with Crippen molar-refractivity contribution in [2.45, 2.75) is 33.6 Å². The Balaban J connectivity index is 2.04. The van der Waals surface area contributed by atoms with Gasteiger partial charge in [0.2, 0.25) is 0 Å². The Hall–Kier alpha value is -1.58. The van der Waals surface area contributed by atoms with Crippen LogP contribution in [0.3, 0.4) is 0 Å². The van der Waals surface area contributed by atoms with Crippen LogP contribution in [0.2, 0.25) is 0 Å². The zero-order valence-corrected chi connectivity index (χ0v) is 11.3. The van der Waals surface area contributed by atoms with Gasteiger partial charge >= 0.3 is 0 Å². The Labute approximate surface area is 107 Å². The van der Waals surface area contributed by atoms with Crippen LogP contribution in [-0.4, -0.2) is 28.0 Å². The molecule has 1 fully saturated rings. The largest absolute Gasteiger partial charge is 0.356 e. The number of nitrogens with one attached hydrogen (secondary N) is 1. The van der Waals surface area contributed by atoms with Crippen molar-refractivity contribution < 1.29 is 0 Å². The van der Waals surface area contributed by atoms with Gasteiger partial charge in [-0.15, -0.1) is 0 Å². The van der Waals surface area contributed by atoms with Crippen LogP contribution in [0.5, 0.6) is 0 Å². The number of fused-ring (bicyclic) bond motifs is 1. The molecule has 2 aromatic heterocycles. The lowest BCUT2D eigenvalue weighted by Gasteiger charge is -2.31. The molecule has 1 N–H and O–H groups in total. The van der Waals surface area contributed by atoms with Crippen molar-refractivity contribution in [3.63, 3.8) is 0 Å². The fourth-order valence-corrected chi connectivity index (χ4v) is 2.70. The van der Waals surface area contributed by atoms with Crippen molar-refractivity contribution in [1.82, 2.24) is 15.0 Å². The van der Waals surface area contributed by atoms with E-state index in [1.807, 2.05) is 6.92 Å². The second kappa shape index (κ2) is 4.26. The molecular formula is C14H20N4. The Kier molecular flexibility index (Phi) is 2.73. The fraction of sp³-hybridized carbons (Fsp3) is 0.571. The number of aromatic nitrogens is 3. The highest BCUT2D eigenvalue weighted by atomic mass is 15.2. The molecule has 0 aromatic carbocycles. The molecule has 0 amide bonds. The second-order valence-corrected chi connectivity index (χ2v) is 5.48. The first-order valence-corrected chi connectivity index (χ1v) is 6.72. The van der Waals surface area contributed by atoms with Gasteiger partial charge in [-0.25, -0.2) is 9.97 Å². The molecule has 2 aromatic rings. The molecule has 0 atom stereocenters. The van der Waals surface area contributed by atoms with Crippen molar-refractivity contribution in [1.29, 1.82) is 0 Å². The highest BCUT2D eigenvalue weighted by Crippen LogP contribution is 2.28. The molecule has 1 aliphatic rings. The zero-order valence-electron chi connectivity index (χ0n) is 11.3. The van der Waals surface area contributed by atoms with Crippen LogP contribution >= 0.6 is 0 Å². The van der Waals surface area contributed by atoms with Crippen LogP contribution in [0.1, 0.15) is 31.3 Å². The van der Waals surface area contributed by atoms with Gasteiger partial charge in [0.1, 0.15) is 17.3 Å². The molecule has 4 nitrogen and oxygen atoms in total. The van der Waals surface area contributed by atoms with Gasteiger partial charge in [0.05, 0.1) is 5.39 Å². The van der Waals surface area contributed by atoms with Gasteiger partial charge in [0.15, 0.2) is 0 Å². The summed E-state index contributed by atoms with van der Waals surface area (Å²) in [6.07, 6.45) is 2.52. The van der Waals surface area contributed by atoms with E-state index in [9.17, 15) is 0 Å². The molecule has 1 saturated heterocycles. The highest BCUT2D eigenvalue weighted by molar-refractivity contribution is 5.88. The van der Waals surface area contributed by atoms with E-state index in [2.05, 4.69) is 39.8 Å². The average Bonchev–Trinajstić information content (AvgIpc) is 2.69. The third kappa shape index (κ3) is 1.96. The topological polar surface area (TPSA) is 44.8 Å². The molecule has 0 radical (unpaired) electrons. The van der Waals surface area contributed by atoms with E-state index in [1.54, 1.807) is 0 Å². The fourth-order valence-electron chi connectivity index (χ4n) is 2.70. The van der Waals surface area contributed by atoms with Gasteiger partial charge in [0, 0.05) is 18.8 Å². The predicted molar refractivity (Wildman–Crippen MR) is 74.0 cm³/mol. The van der Waals surface area contributed by atoms with E-state index in [0.717, 1.165) is 47.4 Å². The van der Waals surface area contributed by atoms with Crippen molar-refractivity contribution >= 4 is 16.9 Å². The van der Waals surface area contributed by atoms with Gasteiger partial charge in [0.25, 0.3) is 0 Å². The second-order valence-electron chi connectivity index (χ2n) is 5.48. The van der Waals surface area contributed by atoms with Crippen LogP contribution in [-0.2, 0) is 0 Å². The third-order valence-corrected chi connectivity index (χ3v) is 3.80. The number of rotatable bonds is 1. The molecule has 0 unspecified atom stereocenters. The number of hydrogen-bond donors (Lipinski definition) is 1. The summed E-state index contributed by atoms with van der Waals surface area (Å²) in [7, 11) is 0. The van der Waals surface area contributed by atoms with Crippen LogP contribution in [0.4, 0.5) is 5.82 Å². The summed E-state index contributed by atoms with van der Waals surface area (Å²) in [6.45, 7) is 8.58. The first-order chi connectivity index (χ1) is 8.63. The van der Waals surface area contributed by atoms with Gasteiger partial charge in [-0.05, 0) is 38.7 Å². The molecular weight excluding hydrogens is 224 g/mol. The lowest BCUT2D eigenvalue weighted by molar-refractivity contribution is 0.437. The minimum Gasteiger partial charge on any atom is -0.356 e. The summed E-state index contributed by atoms with van der Waals surface area (Å²) in [4.78, 5) is 14.8. The molecule has 0 saturated carbocycles.